The van der Waals surface area contributed by atoms with E-state index in [4.69, 9.17) is 17.7 Å². The lowest BCUT2D eigenvalue weighted by Gasteiger charge is -2.27. The Morgan fingerprint density at radius 2 is 0.677 bits per heavy atom. The zero-order chi connectivity index (χ0) is 41.1. The summed E-state index contributed by atoms with van der Waals surface area (Å²) in [7, 11) is 0. The summed E-state index contributed by atoms with van der Waals surface area (Å²) in [5, 5.41) is 7.92. The molecule has 4 aromatic heterocycles. The van der Waals surface area contributed by atoms with Crippen molar-refractivity contribution in [3.63, 3.8) is 0 Å². The number of furan rings is 4. The van der Waals surface area contributed by atoms with Gasteiger partial charge in [-0.3, -0.25) is 0 Å². The predicted octanol–water partition coefficient (Wildman–Crippen LogP) is 16.8. The Labute approximate surface area is 355 Å². The van der Waals surface area contributed by atoms with Gasteiger partial charge in [-0.05, 0) is 85.6 Å². The van der Waals surface area contributed by atoms with Gasteiger partial charge in [0.2, 0.25) is 0 Å². The van der Waals surface area contributed by atoms with Crippen molar-refractivity contribution in [2.45, 2.75) is 13.8 Å². The highest BCUT2D eigenvalue weighted by Gasteiger charge is 2.28. The molecule has 0 N–H and O–H groups in total. The highest BCUT2D eigenvalue weighted by atomic mass is 16.3. The van der Waals surface area contributed by atoms with Crippen LogP contribution in [0.25, 0.3) is 87.8 Å². The van der Waals surface area contributed by atoms with E-state index in [1.807, 2.05) is 36.4 Å². The van der Waals surface area contributed by atoms with E-state index in [0.717, 1.165) is 133 Å². The van der Waals surface area contributed by atoms with Crippen molar-refractivity contribution in [1.29, 1.82) is 0 Å². The van der Waals surface area contributed by atoms with Crippen molar-refractivity contribution in [3.8, 4) is 0 Å². The van der Waals surface area contributed by atoms with Gasteiger partial charge in [-0.15, -0.1) is 0 Å². The fourth-order valence-electron chi connectivity index (χ4n) is 9.70. The number of nitrogens with zero attached hydrogens (tertiary/aromatic N) is 2. The molecule has 0 atom stereocenters. The predicted molar refractivity (Wildman–Crippen MR) is 254 cm³/mol. The molecule has 0 aliphatic rings. The van der Waals surface area contributed by atoms with E-state index in [-0.39, 0.29) is 0 Å². The van der Waals surface area contributed by atoms with Crippen LogP contribution in [-0.2, 0) is 0 Å². The van der Waals surface area contributed by atoms with Gasteiger partial charge >= 0.3 is 0 Å². The first-order chi connectivity index (χ1) is 30.6. The Morgan fingerprint density at radius 1 is 0.290 bits per heavy atom. The second-order valence-corrected chi connectivity index (χ2v) is 16.1. The third-order valence-electron chi connectivity index (χ3n) is 12.5. The normalized spacial score (nSPS) is 12.0. The average Bonchev–Trinajstić information content (AvgIpc) is 4.07. The topological polar surface area (TPSA) is 59.0 Å². The Kier molecular flexibility index (Phi) is 7.34. The molecule has 0 spiro atoms. The quantitative estimate of drug-likeness (QED) is 0.167. The van der Waals surface area contributed by atoms with Crippen molar-refractivity contribution in [2.75, 3.05) is 9.80 Å². The summed E-state index contributed by atoms with van der Waals surface area (Å²) in [6.07, 6.45) is 0. The zero-order valence-electron chi connectivity index (χ0n) is 33.8. The van der Waals surface area contributed by atoms with Crippen LogP contribution >= 0.6 is 0 Å². The van der Waals surface area contributed by atoms with Crippen LogP contribution in [0.4, 0.5) is 34.1 Å². The van der Waals surface area contributed by atoms with Crippen molar-refractivity contribution < 1.29 is 17.7 Å². The third kappa shape index (κ3) is 4.98. The summed E-state index contributed by atoms with van der Waals surface area (Å²) in [4.78, 5) is 4.56. The van der Waals surface area contributed by atoms with Gasteiger partial charge < -0.3 is 27.5 Å². The van der Waals surface area contributed by atoms with E-state index in [0.29, 0.717) is 0 Å². The molecule has 0 unspecified atom stereocenters. The molecule has 0 aliphatic carbocycles. The van der Waals surface area contributed by atoms with Crippen molar-refractivity contribution in [3.05, 3.63) is 193 Å². The first-order valence-electron chi connectivity index (χ1n) is 20.9. The summed E-state index contributed by atoms with van der Waals surface area (Å²) in [5.41, 5.74) is 14.5. The Hall–Kier alpha value is -8.22. The zero-order valence-corrected chi connectivity index (χ0v) is 33.8. The van der Waals surface area contributed by atoms with E-state index < -0.39 is 0 Å². The molecule has 0 radical (unpaired) electrons. The molecule has 4 heterocycles. The number of benzene rings is 9. The maximum atomic E-state index is 7.03. The minimum Gasteiger partial charge on any atom is -0.456 e. The second-order valence-electron chi connectivity index (χ2n) is 16.1. The van der Waals surface area contributed by atoms with Crippen LogP contribution in [0.2, 0.25) is 0 Å². The maximum Gasteiger partial charge on any atom is 0.160 e. The van der Waals surface area contributed by atoms with Gasteiger partial charge in [0.15, 0.2) is 11.2 Å². The minimum atomic E-state index is 0.761. The molecule has 0 fully saturated rings. The number of hydrogen-bond acceptors (Lipinski definition) is 6. The number of para-hydroxylation sites is 6. The molecule has 0 saturated heterocycles. The molecule has 0 amide bonds. The lowest BCUT2D eigenvalue weighted by molar-refractivity contribution is 0.660. The van der Waals surface area contributed by atoms with Crippen LogP contribution in [0.1, 0.15) is 11.1 Å². The fraction of sp³-hybridized carbons (Fsp3) is 0.0357. The third-order valence-corrected chi connectivity index (χ3v) is 12.5. The first kappa shape index (κ1) is 34.6. The van der Waals surface area contributed by atoms with Gasteiger partial charge in [-0.1, -0.05) is 109 Å². The molecule has 6 heteroatoms. The second kappa shape index (κ2) is 13.1. The lowest BCUT2D eigenvalue weighted by atomic mass is 10.0. The Bertz CT molecular complexity index is 3650. The maximum absolute atomic E-state index is 7.03. The van der Waals surface area contributed by atoms with E-state index >= 15 is 0 Å². The molecule has 13 aromatic rings. The van der Waals surface area contributed by atoms with Gasteiger partial charge in [0, 0.05) is 78.0 Å². The minimum absolute atomic E-state index is 0.761. The van der Waals surface area contributed by atoms with Crippen LogP contribution in [-0.4, -0.2) is 0 Å². The summed E-state index contributed by atoms with van der Waals surface area (Å²) in [5.74, 6) is 0. The Morgan fingerprint density at radius 3 is 1.11 bits per heavy atom. The average molecular weight is 801 g/mol. The molecule has 294 valence electrons. The largest absolute Gasteiger partial charge is 0.456 e. The van der Waals surface area contributed by atoms with Crippen LogP contribution < -0.4 is 9.80 Å². The lowest BCUT2D eigenvalue weighted by Crippen LogP contribution is -2.11. The van der Waals surface area contributed by atoms with Crippen LogP contribution in [0.5, 0.6) is 0 Å². The van der Waals surface area contributed by atoms with Gasteiger partial charge in [0.1, 0.15) is 33.5 Å². The molecule has 0 bridgehead atoms. The van der Waals surface area contributed by atoms with Crippen LogP contribution in [0.3, 0.4) is 0 Å². The smallest absolute Gasteiger partial charge is 0.160 e. The fourth-order valence-corrected chi connectivity index (χ4v) is 9.70. The van der Waals surface area contributed by atoms with Crippen LogP contribution in [0.15, 0.2) is 200 Å². The monoisotopic (exact) mass is 800 g/mol. The van der Waals surface area contributed by atoms with Gasteiger partial charge in [-0.2, -0.15) is 0 Å². The van der Waals surface area contributed by atoms with Crippen LogP contribution in [0, 0.1) is 13.8 Å². The number of fused-ring (bicyclic) bond motifs is 14. The summed E-state index contributed by atoms with van der Waals surface area (Å²) < 4.78 is 27.8. The van der Waals surface area contributed by atoms with E-state index in [1.165, 1.54) is 0 Å². The molecule has 13 rings (SSSR count). The highest BCUT2D eigenvalue weighted by molar-refractivity contribution is 6.33. The molecule has 62 heavy (non-hydrogen) atoms. The Balaban J connectivity index is 1.13. The highest BCUT2D eigenvalue weighted by Crippen LogP contribution is 2.52. The number of anilines is 6. The van der Waals surface area contributed by atoms with Gasteiger partial charge in [0.05, 0.1) is 11.4 Å². The van der Waals surface area contributed by atoms with Crippen molar-refractivity contribution in [2.24, 2.45) is 0 Å². The van der Waals surface area contributed by atoms with Gasteiger partial charge in [-0.25, -0.2) is 0 Å². The summed E-state index contributed by atoms with van der Waals surface area (Å²) in [6.45, 7) is 4.29. The number of hydrogen-bond donors (Lipinski definition) is 0. The molecule has 0 saturated carbocycles. The molecule has 0 aliphatic heterocycles. The standard InChI is InChI=1S/C56H36N2O4/c1-33-17-9-13-25-41(33)57(35-19-5-3-6-20-35)43-31-49-51(53-37-23-11-15-27-45(37)61-55(43)53)39-29-48-40(30-47(39)59-49)52-50(60-48)32-44(56-54(52)38-24-12-16-28-46(38)62-56)58(36-21-7-4-8-22-36)42-26-14-10-18-34(42)2/h3-32H,1-2H3. The van der Waals surface area contributed by atoms with Crippen molar-refractivity contribution in [1.82, 2.24) is 0 Å². The summed E-state index contributed by atoms with van der Waals surface area (Å²) >= 11 is 0. The first-order valence-corrected chi connectivity index (χ1v) is 20.9. The molecule has 6 nitrogen and oxygen atoms in total. The van der Waals surface area contributed by atoms with E-state index in [1.54, 1.807) is 0 Å². The molecular formula is C56H36N2O4. The van der Waals surface area contributed by atoms with Crippen molar-refractivity contribution >= 4 is 122 Å². The van der Waals surface area contributed by atoms with E-state index in [9.17, 15) is 0 Å². The SMILES string of the molecule is Cc1ccccc1N(c1ccccc1)c1cc2oc3cc4c(cc3c2c2c1oc1ccccc12)oc1cc(N(c2ccccc2)c2ccccc2C)c2oc3ccccc3c2c14. The number of aryl methyl sites for hydroxylation is 2. The number of rotatable bonds is 6. The molecular weight excluding hydrogens is 765 g/mol. The summed E-state index contributed by atoms with van der Waals surface area (Å²) in [6, 6.07) is 62.9. The van der Waals surface area contributed by atoms with Gasteiger partial charge in [0.25, 0.3) is 0 Å². The molecule has 9 aromatic carbocycles. The van der Waals surface area contributed by atoms with E-state index in [2.05, 4.69) is 169 Å².